The number of halogens is 2. The van der Waals surface area contributed by atoms with E-state index in [0.717, 1.165) is 23.4 Å². The first-order chi connectivity index (χ1) is 17.0. The van der Waals surface area contributed by atoms with Crippen LogP contribution in [-0.4, -0.2) is 15.9 Å². The summed E-state index contributed by atoms with van der Waals surface area (Å²) in [5.41, 5.74) is 2.98. The summed E-state index contributed by atoms with van der Waals surface area (Å²) in [6.45, 7) is 3.40. The summed E-state index contributed by atoms with van der Waals surface area (Å²) in [6, 6.07) is 20.1. The summed E-state index contributed by atoms with van der Waals surface area (Å²) in [7, 11) is 0. The van der Waals surface area contributed by atoms with Gasteiger partial charge in [0.05, 0.1) is 6.20 Å². The Morgan fingerprint density at radius 1 is 0.914 bits per heavy atom. The molecule has 1 aromatic heterocycles. The third-order valence-corrected chi connectivity index (χ3v) is 4.72. The van der Waals surface area contributed by atoms with Gasteiger partial charge in [-0.1, -0.05) is 49.1 Å². The van der Waals surface area contributed by atoms with Gasteiger partial charge in [-0.25, -0.2) is 9.37 Å². The van der Waals surface area contributed by atoms with Crippen molar-refractivity contribution in [3.63, 3.8) is 0 Å². The van der Waals surface area contributed by atoms with Crippen molar-refractivity contribution in [3.8, 4) is 11.6 Å². The first-order valence-electron chi connectivity index (χ1n) is 10.5. The lowest BCUT2D eigenvalue weighted by atomic mass is 10.1. The van der Waals surface area contributed by atoms with E-state index in [1.165, 1.54) is 18.2 Å². The zero-order valence-corrected chi connectivity index (χ0v) is 18.4. The maximum atomic E-state index is 14.3. The van der Waals surface area contributed by atoms with Gasteiger partial charge < -0.3 is 15.4 Å². The number of carbonyl (C=O) groups is 1. The molecule has 0 unspecified atom stereocenters. The number of ether oxygens (including phenoxy) is 1. The molecule has 0 radical (unpaired) electrons. The first-order valence-corrected chi connectivity index (χ1v) is 10.5. The molecule has 174 valence electrons. The topological polar surface area (TPSA) is 76.1 Å². The average Bonchev–Trinajstić information content (AvgIpc) is 2.87. The predicted molar refractivity (Wildman–Crippen MR) is 132 cm³/mol. The molecule has 2 N–H and O–H groups in total. The maximum Gasteiger partial charge on any atom is 0.260 e. The summed E-state index contributed by atoms with van der Waals surface area (Å²) in [5.74, 6) is -1.23. The number of carbonyl (C=O) groups excluding carboxylic acids is 1. The maximum absolute atomic E-state index is 14.3. The van der Waals surface area contributed by atoms with Crippen molar-refractivity contribution in [2.45, 2.75) is 0 Å². The van der Waals surface area contributed by atoms with Gasteiger partial charge in [-0.2, -0.15) is 9.37 Å². The summed E-state index contributed by atoms with van der Waals surface area (Å²) in [4.78, 5) is 19.5. The number of benzene rings is 3. The second-order valence-electron chi connectivity index (χ2n) is 7.30. The largest absolute Gasteiger partial charge is 0.436 e. The number of amides is 1. The van der Waals surface area contributed by atoms with Gasteiger partial charge in [0.25, 0.3) is 5.88 Å². The van der Waals surface area contributed by atoms with Crippen molar-refractivity contribution < 1.29 is 18.3 Å². The van der Waals surface area contributed by atoms with Gasteiger partial charge in [0, 0.05) is 17.4 Å². The van der Waals surface area contributed by atoms with Gasteiger partial charge >= 0.3 is 0 Å². The minimum atomic E-state index is -0.739. The van der Waals surface area contributed by atoms with Crippen LogP contribution in [0, 0.1) is 11.6 Å². The SMILES string of the molecule is C=CC(=O)Nc1cccc(Oc2nc(Nc3ccc(/C=C/c4ccc(F)cc4)cc3)ncc2F)c1. The monoisotopic (exact) mass is 470 g/mol. The molecule has 0 aliphatic heterocycles. The van der Waals surface area contributed by atoms with E-state index in [1.54, 1.807) is 30.3 Å². The van der Waals surface area contributed by atoms with Crippen LogP contribution in [0.1, 0.15) is 11.1 Å². The molecule has 0 aliphatic carbocycles. The molecule has 35 heavy (non-hydrogen) atoms. The Morgan fingerprint density at radius 2 is 1.60 bits per heavy atom. The molecule has 0 fully saturated rings. The Morgan fingerprint density at radius 3 is 2.29 bits per heavy atom. The lowest BCUT2D eigenvalue weighted by Crippen LogP contribution is -2.07. The fourth-order valence-electron chi connectivity index (χ4n) is 3.00. The fourth-order valence-corrected chi connectivity index (χ4v) is 3.00. The summed E-state index contributed by atoms with van der Waals surface area (Å²) < 4.78 is 32.9. The Balaban J connectivity index is 1.43. The van der Waals surface area contributed by atoms with Crippen molar-refractivity contribution in [2.75, 3.05) is 10.6 Å². The number of nitrogens with zero attached hydrogens (tertiary/aromatic N) is 2. The number of hydrogen-bond acceptors (Lipinski definition) is 5. The van der Waals surface area contributed by atoms with E-state index in [2.05, 4.69) is 27.2 Å². The lowest BCUT2D eigenvalue weighted by Gasteiger charge is -2.10. The molecule has 1 amide bonds. The lowest BCUT2D eigenvalue weighted by molar-refractivity contribution is -0.111. The molecule has 3 aromatic carbocycles. The van der Waals surface area contributed by atoms with E-state index in [9.17, 15) is 13.6 Å². The highest BCUT2D eigenvalue weighted by Crippen LogP contribution is 2.26. The first kappa shape index (κ1) is 23.3. The Bertz CT molecular complexity index is 1370. The minimum Gasteiger partial charge on any atom is -0.436 e. The van der Waals surface area contributed by atoms with Crippen molar-refractivity contribution in [1.82, 2.24) is 9.97 Å². The molecule has 0 saturated heterocycles. The molecule has 0 aliphatic rings. The number of nitrogens with one attached hydrogen (secondary N) is 2. The minimum absolute atomic E-state index is 0.145. The van der Waals surface area contributed by atoms with Gasteiger partial charge in [0.15, 0.2) is 0 Å². The molecule has 1 heterocycles. The molecule has 4 aromatic rings. The van der Waals surface area contributed by atoms with Crippen LogP contribution in [0.4, 0.5) is 26.1 Å². The van der Waals surface area contributed by atoms with Crippen molar-refractivity contribution in [2.24, 2.45) is 0 Å². The number of rotatable bonds is 8. The van der Waals surface area contributed by atoms with Gasteiger partial charge in [0.1, 0.15) is 11.6 Å². The van der Waals surface area contributed by atoms with Crippen LogP contribution in [0.2, 0.25) is 0 Å². The highest BCUT2D eigenvalue weighted by atomic mass is 19.1. The van der Waals surface area contributed by atoms with Crippen LogP contribution in [0.5, 0.6) is 11.6 Å². The predicted octanol–water partition coefficient (Wildman–Crippen LogP) is 6.59. The third-order valence-electron chi connectivity index (χ3n) is 4.72. The molecule has 0 spiro atoms. The van der Waals surface area contributed by atoms with E-state index in [-0.39, 0.29) is 29.3 Å². The van der Waals surface area contributed by atoms with Crippen LogP contribution in [0.15, 0.2) is 91.6 Å². The van der Waals surface area contributed by atoms with Crippen molar-refractivity contribution in [3.05, 3.63) is 114 Å². The summed E-state index contributed by atoms with van der Waals surface area (Å²) >= 11 is 0. The number of anilines is 3. The standard InChI is InChI=1S/C27H20F2N4O2/c1-2-25(34)31-22-4-3-5-23(16-22)35-26-24(29)17-30-27(33-26)32-21-14-10-19(11-15-21)7-6-18-8-12-20(28)13-9-18/h2-17H,1H2,(H,31,34)(H,30,32,33)/b7-6+. The molecule has 8 heteroatoms. The Kier molecular flexibility index (Phi) is 7.22. The number of aromatic nitrogens is 2. The van der Waals surface area contributed by atoms with E-state index in [1.807, 2.05) is 36.4 Å². The van der Waals surface area contributed by atoms with Crippen molar-refractivity contribution >= 4 is 35.4 Å². The van der Waals surface area contributed by atoms with Gasteiger partial charge in [0.2, 0.25) is 17.7 Å². The summed E-state index contributed by atoms with van der Waals surface area (Å²) in [5, 5.41) is 5.61. The van der Waals surface area contributed by atoms with E-state index >= 15 is 0 Å². The van der Waals surface area contributed by atoms with E-state index in [4.69, 9.17) is 4.74 Å². The Labute approximate surface area is 200 Å². The number of hydrogen-bond donors (Lipinski definition) is 2. The van der Waals surface area contributed by atoms with Crippen LogP contribution < -0.4 is 15.4 Å². The van der Waals surface area contributed by atoms with Gasteiger partial charge in [-0.3, -0.25) is 4.79 Å². The quantitative estimate of drug-likeness (QED) is 0.225. The zero-order chi connectivity index (χ0) is 24.6. The molecular formula is C27H20F2N4O2. The molecule has 0 saturated carbocycles. The molecule has 0 atom stereocenters. The molecule has 4 rings (SSSR count). The van der Waals surface area contributed by atoms with Crippen LogP contribution >= 0.6 is 0 Å². The van der Waals surface area contributed by atoms with E-state index < -0.39 is 5.82 Å². The van der Waals surface area contributed by atoms with Crippen LogP contribution in [0.25, 0.3) is 12.2 Å². The smallest absolute Gasteiger partial charge is 0.260 e. The highest BCUT2D eigenvalue weighted by Gasteiger charge is 2.11. The highest BCUT2D eigenvalue weighted by molar-refractivity contribution is 5.98. The second kappa shape index (κ2) is 10.8. The normalized spacial score (nSPS) is 10.7. The van der Waals surface area contributed by atoms with Crippen LogP contribution in [-0.2, 0) is 4.79 Å². The second-order valence-corrected chi connectivity index (χ2v) is 7.30. The fraction of sp³-hybridized carbons (Fsp3) is 0. The van der Waals surface area contributed by atoms with Gasteiger partial charge in [-0.15, -0.1) is 0 Å². The van der Waals surface area contributed by atoms with Crippen LogP contribution in [0.3, 0.4) is 0 Å². The van der Waals surface area contributed by atoms with E-state index in [0.29, 0.717) is 11.4 Å². The molecule has 6 nitrogen and oxygen atoms in total. The summed E-state index contributed by atoms with van der Waals surface area (Å²) in [6.07, 6.45) is 5.94. The molecular weight excluding hydrogens is 450 g/mol. The van der Waals surface area contributed by atoms with Gasteiger partial charge in [-0.05, 0) is 53.6 Å². The average molecular weight is 470 g/mol. The van der Waals surface area contributed by atoms with Crippen molar-refractivity contribution in [1.29, 1.82) is 0 Å². The third kappa shape index (κ3) is 6.58. The zero-order valence-electron chi connectivity index (χ0n) is 18.4. The Hall–Kier alpha value is -4.85. The molecule has 0 bridgehead atoms.